The molecule has 0 amide bonds. The molecule has 50 heavy (non-hydrogen) atoms. The minimum Gasteiger partial charge on any atom is -0.493 e. The summed E-state index contributed by atoms with van der Waals surface area (Å²) in [5.74, 6) is -6.08. The number of rotatable bonds is 10. The number of methoxy groups -OCH3 is 3. The lowest BCUT2D eigenvalue weighted by Crippen LogP contribution is -2.47. The van der Waals surface area contributed by atoms with Gasteiger partial charge in [-0.3, -0.25) is 14.4 Å². The maximum atomic E-state index is 14.4. The number of nitrogens with zero attached hydrogens (tertiary/aromatic N) is 3. The summed E-state index contributed by atoms with van der Waals surface area (Å²) >= 11 is 6.15. The fourth-order valence-electron chi connectivity index (χ4n) is 4.02. The molecule has 0 atom stereocenters. The Morgan fingerprint density at radius 1 is 0.820 bits per heavy atom. The van der Waals surface area contributed by atoms with Crippen LogP contribution >= 0.6 is 11.6 Å². The molecule has 0 radical (unpaired) electrons. The van der Waals surface area contributed by atoms with Gasteiger partial charge in [0.1, 0.15) is 5.02 Å². The van der Waals surface area contributed by atoms with Gasteiger partial charge in [-0.1, -0.05) is 17.7 Å². The van der Waals surface area contributed by atoms with E-state index in [-0.39, 0.29) is 54.5 Å². The molecule has 0 saturated carbocycles. The lowest BCUT2D eigenvalue weighted by Gasteiger charge is -2.14. The van der Waals surface area contributed by atoms with Crippen molar-refractivity contribution in [2.45, 2.75) is 6.92 Å². The van der Waals surface area contributed by atoms with Gasteiger partial charge < -0.3 is 33.2 Å². The normalized spacial score (nSPS) is 10.4. The van der Waals surface area contributed by atoms with Crippen LogP contribution in [-0.2, 0) is 14.3 Å². The van der Waals surface area contributed by atoms with Crippen molar-refractivity contribution in [3.05, 3.63) is 103 Å². The third-order valence-corrected chi connectivity index (χ3v) is 6.62. The van der Waals surface area contributed by atoms with E-state index in [4.69, 9.17) is 35.3 Å². The number of carbonyl (C=O) groups is 5. The van der Waals surface area contributed by atoms with E-state index in [9.17, 15) is 38.0 Å². The van der Waals surface area contributed by atoms with Crippen molar-refractivity contribution in [2.75, 3.05) is 28.1 Å². The molecule has 0 aliphatic rings. The Balaban J connectivity index is 1.56. The van der Waals surface area contributed by atoms with Crippen molar-refractivity contribution in [3.63, 3.8) is 0 Å². The summed E-state index contributed by atoms with van der Waals surface area (Å²) in [5, 5.41) is -0.139. The third kappa shape index (κ3) is 7.93. The lowest BCUT2D eigenvalue weighted by atomic mass is 10.1. The zero-order chi connectivity index (χ0) is 36.7. The monoisotopic (exact) mass is 715 g/mol. The summed E-state index contributed by atoms with van der Waals surface area (Å²) in [7, 11) is 4.09. The maximum absolute atomic E-state index is 14.4. The van der Waals surface area contributed by atoms with E-state index < -0.39 is 65.2 Å². The van der Waals surface area contributed by atoms with Crippen LogP contribution in [0.2, 0.25) is 5.02 Å². The Labute approximate surface area is 284 Å². The average molecular weight is 716 g/mol. The van der Waals surface area contributed by atoms with E-state index in [1.165, 1.54) is 45.6 Å². The van der Waals surface area contributed by atoms with Gasteiger partial charge in [0.2, 0.25) is 24.2 Å². The fraction of sp³-hybridized carbons (Fsp3) is 0.161. The van der Waals surface area contributed by atoms with Crippen LogP contribution in [0.4, 0.5) is 9.18 Å². The van der Waals surface area contributed by atoms with Crippen molar-refractivity contribution in [3.8, 4) is 28.9 Å². The number of ether oxygens (including phenoxy) is 7. The van der Waals surface area contributed by atoms with Crippen LogP contribution in [0.25, 0.3) is 0 Å². The largest absolute Gasteiger partial charge is 0.493 e. The van der Waals surface area contributed by atoms with E-state index in [0.717, 1.165) is 31.3 Å². The zero-order valence-electron chi connectivity index (χ0n) is 26.2. The number of pyridine rings is 1. The molecule has 2 aromatic carbocycles. The number of esters is 3. The van der Waals surface area contributed by atoms with Crippen molar-refractivity contribution < 1.29 is 61.5 Å². The second kappa shape index (κ2) is 15.6. The van der Waals surface area contributed by atoms with Gasteiger partial charge in [0.15, 0.2) is 17.2 Å². The summed E-state index contributed by atoms with van der Waals surface area (Å²) in [6.07, 6.45) is -0.355. The quantitative estimate of drug-likeness (QED) is 0.171. The van der Waals surface area contributed by atoms with Gasteiger partial charge in [0, 0.05) is 18.6 Å². The average Bonchev–Trinajstić information content (AvgIpc) is 3.10. The summed E-state index contributed by atoms with van der Waals surface area (Å²) < 4.78 is 49.4. The van der Waals surface area contributed by atoms with Crippen LogP contribution < -0.4 is 34.9 Å². The predicted octanol–water partition coefficient (Wildman–Crippen LogP) is 2.86. The molecule has 2 aromatic heterocycles. The molecule has 260 valence electrons. The first-order chi connectivity index (χ1) is 23.8. The standard InChI is InChI=1S/C31H23ClFN3O14/c1-15(37)47-14-48-31(43)35-13-20(33)27(39)36(30(35)42)26(38)16-6-5-7-17(8-16)28(40)50-24-11-21(19(32)12-34-24)49-29(41)18-9-22(44-2)25(46-4)23(10-18)45-3/h5-13H,14H2,1-4H3. The smallest absolute Gasteiger partial charge is 0.425 e. The van der Waals surface area contributed by atoms with E-state index >= 15 is 0 Å². The first-order valence-corrected chi connectivity index (χ1v) is 14.1. The molecule has 0 spiro atoms. The number of aromatic nitrogens is 3. The van der Waals surface area contributed by atoms with Crippen LogP contribution in [0.15, 0.2) is 64.4 Å². The second-order valence-corrected chi connectivity index (χ2v) is 9.87. The highest BCUT2D eigenvalue weighted by Crippen LogP contribution is 2.38. The molecule has 4 rings (SSSR count). The maximum Gasteiger partial charge on any atom is 0.425 e. The lowest BCUT2D eigenvalue weighted by molar-refractivity contribution is -0.149. The molecule has 0 saturated heterocycles. The van der Waals surface area contributed by atoms with E-state index in [0.29, 0.717) is 0 Å². The summed E-state index contributed by atoms with van der Waals surface area (Å²) in [6.45, 7) is 0.0581. The highest BCUT2D eigenvalue weighted by Gasteiger charge is 2.24. The Morgan fingerprint density at radius 2 is 1.46 bits per heavy atom. The molecule has 0 aliphatic carbocycles. The highest BCUT2D eigenvalue weighted by molar-refractivity contribution is 6.32. The zero-order valence-corrected chi connectivity index (χ0v) is 27.0. The van der Waals surface area contributed by atoms with Crippen LogP contribution in [0, 0.1) is 5.82 Å². The predicted molar refractivity (Wildman–Crippen MR) is 165 cm³/mol. The van der Waals surface area contributed by atoms with Crippen LogP contribution in [0.3, 0.4) is 0 Å². The molecule has 19 heteroatoms. The Morgan fingerprint density at radius 3 is 2.08 bits per heavy atom. The van der Waals surface area contributed by atoms with Gasteiger partial charge in [-0.2, -0.15) is 13.5 Å². The SMILES string of the molecule is COc1cc(C(=O)Oc2cc(OC(=O)c3cccc(C(=O)n4c(=O)c(F)cn(C(=O)OCOC(C)=O)c4=O)c3)ncc2Cl)cc(OC)c1OC. The van der Waals surface area contributed by atoms with Crippen LogP contribution in [0.1, 0.15) is 38.0 Å². The minimum atomic E-state index is -1.71. The third-order valence-electron chi connectivity index (χ3n) is 6.33. The molecule has 2 heterocycles. The molecule has 4 aromatic rings. The molecule has 0 fully saturated rings. The summed E-state index contributed by atoms with van der Waals surface area (Å²) in [6, 6.07) is 8.06. The molecular weight excluding hydrogens is 693 g/mol. The molecule has 0 aliphatic heterocycles. The number of benzene rings is 2. The molecule has 0 unspecified atom stereocenters. The van der Waals surface area contributed by atoms with Crippen LogP contribution in [-0.4, -0.2) is 72.1 Å². The van der Waals surface area contributed by atoms with Gasteiger partial charge >= 0.3 is 29.7 Å². The van der Waals surface area contributed by atoms with Gasteiger partial charge in [-0.25, -0.2) is 24.2 Å². The van der Waals surface area contributed by atoms with Crippen molar-refractivity contribution in [1.82, 2.24) is 14.1 Å². The van der Waals surface area contributed by atoms with Gasteiger partial charge in [-0.05, 0) is 30.3 Å². The minimum absolute atomic E-state index is 0.0181. The van der Waals surface area contributed by atoms with E-state index in [1.54, 1.807) is 0 Å². The number of carbonyl (C=O) groups excluding carboxylic acids is 5. The van der Waals surface area contributed by atoms with E-state index in [2.05, 4.69) is 14.5 Å². The topological polar surface area (TPSA) is 207 Å². The molecule has 0 N–H and O–H groups in total. The van der Waals surface area contributed by atoms with Gasteiger partial charge in [-0.15, -0.1) is 0 Å². The second-order valence-electron chi connectivity index (χ2n) is 9.47. The van der Waals surface area contributed by atoms with Gasteiger partial charge in [0.25, 0.3) is 11.5 Å². The first-order valence-electron chi connectivity index (χ1n) is 13.7. The van der Waals surface area contributed by atoms with Gasteiger partial charge in [0.05, 0.1) is 44.8 Å². The van der Waals surface area contributed by atoms with E-state index in [1.807, 2.05) is 0 Å². The molecular formula is C31H23ClFN3O14. The Kier molecular flexibility index (Phi) is 11.3. The summed E-state index contributed by atoms with van der Waals surface area (Å²) in [4.78, 5) is 91.4. The van der Waals surface area contributed by atoms with Crippen LogP contribution in [0.5, 0.6) is 28.9 Å². The number of hydrogen-bond donors (Lipinski definition) is 0. The number of halogens is 2. The van der Waals surface area contributed by atoms with Crippen molar-refractivity contribution in [2.24, 2.45) is 0 Å². The highest BCUT2D eigenvalue weighted by atomic mass is 35.5. The summed E-state index contributed by atoms with van der Waals surface area (Å²) in [5.41, 5.74) is -4.14. The Hall–Kier alpha value is -6.56. The first kappa shape index (κ1) is 36.3. The number of hydrogen-bond acceptors (Lipinski definition) is 15. The molecule has 0 bridgehead atoms. The van der Waals surface area contributed by atoms with Crippen molar-refractivity contribution in [1.29, 1.82) is 0 Å². The fourth-order valence-corrected chi connectivity index (χ4v) is 4.17. The molecule has 17 nitrogen and oxygen atoms in total. The Bertz CT molecular complexity index is 2120. The van der Waals surface area contributed by atoms with Crippen molar-refractivity contribution >= 4 is 41.5 Å².